The molecule has 0 bridgehead atoms. The Balaban J connectivity index is 2.85. The number of hydrogen-bond acceptors (Lipinski definition) is 1. The summed E-state index contributed by atoms with van der Waals surface area (Å²) in [6, 6.07) is 1.96. The molecule has 0 atom stereocenters. The summed E-state index contributed by atoms with van der Waals surface area (Å²) in [6.07, 6.45) is 2.29. The molecule has 0 fully saturated rings. The van der Waals surface area contributed by atoms with Crippen LogP contribution in [0.4, 0.5) is 0 Å². The molecule has 11 heavy (non-hydrogen) atoms. The Labute approximate surface area is 65.8 Å². The largest absolute Gasteiger partial charge is 0.369 e. The van der Waals surface area contributed by atoms with E-state index in [0.717, 1.165) is 11.3 Å². The van der Waals surface area contributed by atoms with Crippen LogP contribution in [-0.2, 0) is 18.3 Å². The molecular formula is C8H12N2O. The van der Waals surface area contributed by atoms with Crippen LogP contribution in [0, 0.1) is 6.92 Å². The van der Waals surface area contributed by atoms with Crippen LogP contribution in [0.5, 0.6) is 0 Å². The zero-order valence-corrected chi connectivity index (χ0v) is 6.79. The predicted molar refractivity (Wildman–Crippen MR) is 43.0 cm³/mol. The summed E-state index contributed by atoms with van der Waals surface area (Å²) in [4.78, 5) is 10.5. The molecular weight excluding hydrogens is 140 g/mol. The summed E-state index contributed by atoms with van der Waals surface area (Å²) in [7, 11) is 1.91. The maximum Gasteiger partial charge on any atom is 0.223 e. The predicted octanol–water partition coefficient (Wildman–Crippen LogP) is 0.361. The molecule has 1 aromatic heterocycles. The molecule has 3 nitrogen and oxygen atoms in total. The van der Waals surface area contributed by atoms with Crippen molar-refractivity contribution in [3.05, 3.63) is 23.5 Å². The van der Waals surface area contributed by atoms with E-state index in [0.29, 0.717) is 6.42 Å². The minimum absolute atomic E-state index is 0.286. The lowest BCUT2D eigenvalue weighted by Crippen LogP contribution is -2.15. The molecule has 0 aliphatic heterocycles. The average molecular weight is 152 g/mol. The molecule has 0 aromatic carbocycles. The smallest absolute Gasteiger partial charge is 0.223 e. The molecule has 0 saturated carbocycles. The van der Waals surface area contributed by atoms with Gasteiger partial charge in [0.05, 0.1) is 6.42 Å². The van der Waals surface area contributed by atoms with E-state index in [-0.39, 0.29) is 5.91 Å². The molecule has 1 heterocycles. The maximum atomic E-state index is 10.5. The Kier molecular flexibility index (Phi) is 1.98. The molecule has 1 aromatic rings. The second-order valence-corrected chi connectivity index (χ2v) is 2.76. The number of aromatic nitrogens is 1. The standard InChI is InChI=1S/C8H12N2O/c1-6-3-7(4-8(9)11)10(2)5-6/h3,5H,4H2,1-2H3,(H2,9,11). The summed E-state index contributed by atoms with van der Waals surface area (Å²) in [6.45, 7) is 1.99. The molecule has 1 rings (SSSR count). The Hall–Kier alpha value is -1.25. The van der Waals surface area contributed by atoms with Gasteiger partial charge < -0.3 is 10.3 Å². The number of amides is 1. The molecule has 0 spiro atoms. The number of hydrogen-bond donors (Lipinski definition) is 1. The second kappa shape index (κ2) is 2.78. The second-order valence-electron chi connectivity index (χ2n) is 2.76. The Morgan fingerprint density at radius 1 is 1.73 bits per heavy atom. The number of rotatable bonds is 2. The number of primary amides is 1. The number of carbonyl (C=O) groups is 1. The first kappa shape index (κ1) is 7.85. The van der Waals surface area contributed by atoms with E-state index >= 15 is 0 Å². The van der Waals surface area contributed by atoms with E-state index in [9.17, 15) is 4.79 Å². The SMILES string of the molecule is Cc1cc(CC(N)=O)n(C)c1. The molecule has 2 N–H and O–H groups in total. The molecule has 1 amide bonds. The van der Waals surface area contributed by atoms with Crippen LogP contribution in [0.25, 0.3) is 0 Å². The highest BCUT2D eigenvalue weighted by atomic mass is 16.1. The topological polar surface area (TPSA) is 48.0 Å². The van der Waals surface area contributed by atoms with Gasteiger partial charge in [0, 0.05) is 18.9 Å². The van der Waals surface area contributed by atoms with Crippen LogP contribution in [-0.4, -0.2) is 10.5 Å². The fourth-order valence-corrected chi connectivity index (χ4v) is 1.14. The van der Waals surface area contributed by atoms with Gasteiger partial charge in [0.2, 0.25) is 5.91 Å². The van der Waals surface area contributed by atoms with Gasteiger partial charge in [-0.2, -0.15) is 0 Å². The molecule has 0 aliphatic rings. The number of carbonyl (C=O) groups excluding carboxylic acids is 1. The summed E-state index contributed by atoms with van der Waals surface area (Å²) in [5, 5.41) is 0. The first-order valence-corrected chi connectivity index (χ1v) is 3.49. The lowest BCUT2D eigenvalue weighted by molar-refractivity contribution is -0.117. The Morgan fingerprint density at radius 2 is 2.36 bits per heavy atom. The van der Waals surface area contributed by atoms with E-state index in [4.69, 9.17) is 5.73 Å². The number of aryl methyl sites for hydroxylation is 2. The zero-order chi connectivity index (χ0) is 8.43. The molecule has 0 aliphatic carbocycles. The van der Waals surface area contributed by atoms with Crippen LogP contribution >= 0.6 is 0 Å². The van der Waals surface area contributed by atoms with Crippen LogP contribution in [0.3, 0.4) is 0 Å². The van der Waals surface area contributed by atoms with Crippen molar-refractivity contribution in [3.63, 3.8) is 0 Å². The van der Waals surface area contributed by atoms with Crippen molar-refractivity contribution in [3.8, 4) is 0 Å². The van der Waals surface area contributed by atoms with Crippen LogP contribution in [0.15, 0.2) is 12.3 Å². The fourth-order valence-electron chi connectivity index (χ4n) is 1.14. The summed E-state index contributed by atoms with van der Waals surface area (Å²) >= 11 is 0. The van der Waals surface area contributed by atoms with Gasteiger partial charge in [-0.1, -0.05) is 0 Å². The third-order valence-corrected chi connectivity index (χ3v) is 1.60. The third kappa shape index (κ3) is 1.83. The van der Waals surface area contributed by atoms with Crippen molar-refractivity contribution < 1.29 is 4.79 Å². The van der Waals surface area contributed by atoms with Gasteiger partial charge in [0.25, 0.3) is 0 Å². The van der Waals surface area contributed by atoms with Crippen molar-refractivity contribution in [2.45, 2.75) is 13.3 Å². The van der Waals surface area contributed by atoms with E-state index < -0.39 is 0 Å². The minimum Gasteiger partial charge on any atom is -0.369 e. The quantitative estimate of drug-likeness (QED) is 0.653. The summed E-state index contributed by atoms with van der Waals surface area (Å²) < 4.78 is 1.92. The number of nitrogens with two attached hydrogens (primary N) is 1. The molecule has 0 saturated heterocycles. The monoisotopic (exact) mass is 152 g/mol. The average Bonchev–Trinajstić information content (AvgIpc) is 2.09. The van der Waals surface area contributed by atoms with E-state index in [2.05, 4.69) is 0 Å². The maximum absolute atomic E-state index is 10.5. The van der Waals surface area contributed by atoms with Crippen molar-refractivity contribution in [2.24, 2.45) is 12.8 Å². The molecule has 60 valence electrons. The highest BCUT2D eigenvalue weighted by Gasteiger charge is 2.02. The van der Waals surface area contributed by atoms with Gasteiger partial charge >= 0.3 is 0 Å². The van der Waals surface area contributed by atoms with Gasteiger partial charge in [-0.15, -0.1) is 0 Å². The third-order valence-electron chi connectivity index (χ3n) is 1.60. The zero-order valence-electron chi connectivity index (χ0n) is 6.79. The normalized spacial score (nSPS) is 10.0. The number of nitrogens with zero attached hydrogens (tertiary/aromatic N) is 1. The lowest BCUT2D eigenvalue weighted by atomic mass is 10.3. The van der Waals surface area contributed by atoms with Crippen molar-refractivity contribution in [1.82, 2.24) is 4.57 Å². The minimum atomic E-state index is -0.286. The molecule has 0 unspecified atom stereocenters. The summed E-state index contributed by atoms with van der Waals surface area (Å²) in [5.41, 5.74) is 7.17. The van der Waals surface area contributed by atoms with Crippen LogP contribution < -0.4 is 5.73 Å². The van der Waals surface area contributed by atoms with Crippen molar-refractivity contribution in [1.29, 1.82) is 0 Å². The summed E-state index contributed by atoms with van der Waals surface area (Å²) in [5.74, 6) is -0.286. The first-order valence-electron chi connectivity index (χ1n) is 3.49. The fraction of sp³-hybridized carbons (Fsp3) is 0.375. The lowest BCUT2D eigenvalue weighted by Gasteiger charge is -1.97. The van der Waals surface area contributed by atoms with Gasteiger partial charge in [-0.05, 0) is 18.6 Å². The van der Waals surface area contributed by atoms with Crippen LogP contribution in [0.2, 0.25) is 0 Å². The highest BCUT2D eigenvalue weighted by Crippen LogP contribution is 2.05. The first-order chi connectivity index (χ1) is 5.09. The van der Waals surface area contributed by atoms with Crippen molar-refractivity contribution in [2.75, 3.05) is 0 Å². The highest BCUT2D eigenvalue weighted by molar-refractivity contribution is 5.76. The van der Waals surface area contributed by atoms with Crippen LogP contribution in [0.1, 0.15) is 11.3 Å². The Morgan fingerprint density at radius 3 is 2.73 bits per heavy atom. The van der Waals surface area contributed by atoms with E-state index in [1.54, 1.807) is 0 Å². The van der Waals surface area contributed by atoms with E-state index in [1.807, 2.05) is 30.8 Å². The van der Waals surface area contributed by atoms with E-state index in [1.165, 1.54) is 0 Å². The van der Waals surface area contributed by atoms with Gasteiger partial charge in [0.15, 0.2) is 0 Å². The molecule has 0 radical (unpaired) electrons. The Bertz CT molecular complexity index is 276. The van der Waals surface area contributed by atoms with Crippen molar-refractivity contribution >= 4 is 5.91 Å². The van der Waals surface area contributed by atoms with Gasteiger partial charge in [-0.3, -0.25) is 4.79 Å². The van der Waals surface area contributed by atoms with Gasteiger partial charge in [-0.25, -0.2) is 0 Å². The molecule has 3 heteroatoms. The van der Waals surface area contributed by atoms with Gasteiger partial charge in [0.1, 0.15) is 0 Å².